The van der Waals surface area contributed by atoms with Crippen LogP contribution in [0.1, 0.15) is 38.3 Å². The van der Waals surface area contributed by atoms with Gasteiger partial charge < -0.3 is 10.1 Å². The van der Waals surface area contributed by atoms with Gasteiger partial charge in [-0.25, -0.2) is 0 Å². The van der Waals surface area contributed by atoms with E-state index in [2.05, 4.69) is 32.2 Å². The number of methoxy groups -OCH3 is 1. The molecule has 0 heterocycles. The molecule has 0 aliphatic rings. The first-order valence-corrected chi connectivity index (χ1v) is 6.42. The minimum atomic E-state index is 0.520. The summed E-state index contributed by atoms with van der Waals surface area (Å²) >= 11 is 0. The molecular weight excluding hydrogens is 224 g/mol. The highest BCUT2D eigenvalue weighted by atomic mass is 16.5. The fourth-order valence-corrected chi connectivity index (χ4v) is 2.04. The van der Waals surface area contributed by atoms with Crippen molar-refractivity contribution >= 4 is 0 Å². The number of benzene rings is 1. The molecule has 1 atom stereocenters. The van der Waals surface area contributed by atoms with Crippen LogP contribution in [0.2, 0.25) is 0 Å². The molecule has 98 valence electrons. The molecule has 0 aromatic heterocycles. The minimum absolute atomic E-state index is 0.520. The summed E-state index contributed by atoms with van der Waals surface area (Å²) in [6, 6.07) is 8.36. The maximum Gasteiger partial charge on any atom is 0.136 e. The first kappa shape index (κ1) is 14.5. The number of nitrogens with one attached hydrogen (secondary N) is 1. The molecule has 0 radical (unpaired) electrons. The average Bonchev–Trinajstić information content (AvgIpc) is 2.38. The van der Waals surface area contributed by atoms with Crippen molar-refractivity contribution in [2.45, 2.75) is 39.8 Å². The third-order valence-corrected chi connectivity index (χ3v) is 3.20. The molecule has 0 fully saturated rings. The van der Waals surface area contributed by atoms with E-state index in [0.29, 0.717) is 23.3 Å². The van der Waals surface area contributed by atoms with Crippen molar-refractivity contribution in [1.29, 1.82) is 5.26 Å². The van der Waals surface area contributed by atoms with E-state index in [1.807, 2.05) is 18.2 Å². The van der Waals surface area contributed by atoms with E-state index < -0.39 is 0 Å². The lowest BCUT2D eigenvalue weighted by Crippen LogP contribution is -2.32. The highest BCUT2D eigenvalue weighted by Gasteiger charge is 2.10. The predicted octanol–water partition coefficient (Wildman–Crippen LogP) is 3.09. The van der Waals surface area contributed by atoms with Crippen LogP contribution < -0.4 is 10.1 Å². The molecule has 1 aromatic rings. The first-order chi connectivity index (χ1) is 8.62. The van der Waals surface area contributed by atoms with Crippen molar-refractivity contribution in [3.63, 3.8) is 0 Å². The number of hydrogen-bond acceptors (Lipinski definition) is 3. The Morgan fingerprint density at radius 2 is 2.11 bits per heavy atom. The Balaban J connectivity index is 2.71. The van der Waals surface area contributed by atoms with Crippen LogP contribution in [0.4, 0.5) is 0 Å². The largest absolute Gasteiger partial charge is 0.495 e. The van der Waals surface area contributed by atoms with Crippen LogP contribution in [0.3, 0.4) is 0 Å². The highest BCUT2D eigenvalue weighted by Crippen LogP contribution is 2.19. The third kappa shape index (κ3) is 3.75. The molecule has 0 aliphatic carbocycles. The van der Waals surface area contributed by atoms with Crippen molar-refractivity contribution in [3.8, 4) is 11.8 Å². The van der Waals surface area contributed by atoms with Crippen LogP contribution in [0, 0.1) is 17.2 Å². The lowest BCUT2D eigenvalue weighted by molar-refractivity contribution is 0.386. The van der Waals surface area contributed by atoms with Gasteiger partial charge in [0.1, 0.15) is 11.8 Å². The lowest BCUT2D eigenvalue weighted by Gasteiger charge is -2.21. The summed E-state index contributed by atoms with van der Waals surface area (Å²) in [7, 11) is 1.59. The van der Waals surface area contributed by atoms with Crippen LogP contribution >= 0.6 is 0 Å². The summed E-state index contributed by atoms with van der Waals surface area (Å²) in [5.41, 5.74) is 1.72. The third-order valence-electron chi connectivity index (χ3n) is 3.20. The van der Waals surface area contributed by atoms with Crippen LogP contribution in [-0.4, -0.2) is 13.2 Å². The summed E-state index contributed by atoms with van der Waals surface area (Å²) in [5, 5.41) is 12.5. The minimum Gasteiger partial charge on any atom is -0.495 e. The maximum absolute atomic E-state index is 8.92. The number of hydrogen-bond donors (Lipinski definition) is 1. The zero-order valence-electron chi connectivity index (χ0n) is 11.7. The van der Waals surface area contributed by atoms with Crippen molar-refractivity contribution in [1.82, 2.24) is 5.32 Å². The summed E-state index contributed by atoms with van der Waals surface area (Å²) in [5.74, 6) is 1.27. The fraction of sp³-hybridized carbons (Fsp3) is 0.533. The predicted molar refractivity (Wildman–Crippen MR) is 73.5 cm³/mol. The van der Waals surface area contributed by atoms with E-state index in [1.165, 1.54) is 0 Å². The Bertz CT molecular complexity index is 421. The zero-order valence-corrected chi connectivity index (χ0v) is 11.7. The van der Waals surface area contributed by atoms with Crippen molar-refractivity contribution < 1.29 is 4.74 Å². The van der Waals surface area contributed by atoms with Crippen molar-refractivity contribution in [3.05, 3.63) is 29.3 Å². The molecular formula is C15H22N2O. The average molecular weight is 246 g/mol. The van der Waals surface area contributed by atoms with Crippen molar-refractivity contribution in [2.24, 2.45) is 5.92 Å². The van der Waals surface area contributed by atoms with Gasteiger partial charge >= 0.3 is 0 Å². The molecule has 0 saturated carbocycles. The van der Waals surface area contributed by atoms with Gasteiger partial charge in [-0.3, -0.25) is 0 Å². The van der Waals surface area contributed by atoms with E-state index >= 15 is 0 Å². The molecule has 0 amide bonds. The Kier molecular flexibility index (Phi) is 5.67. The summed E-state index contributed by atoms with van der Waals surface area (Å²) in [6.45, 7) is 7.44. The topological polar surface area (TPSA) is 45.0 Å². The van der Waals surface area contributed by atoms with Crippen LogP contribution in [-0.2, 0) is 6.54 Å². The van der Waals surface area contributed by atoms with E-state index in [1.54, 1.807) is 7.11 Å². The van der Waals surface area contributed by atoms with Crippen LogP contribution in [0.15, 0.2) is 18.2 Å². The van der Waals surface area contributed by atoms with Crippen LogP contribution in [0.25, 0.3) is 0 Å². The Hall–Kier alpha value is -1.53. The second kappa shape index (κ2) is 7.03. The van der Waals surface area contributed by atoms with Gasteiger partial charge in [0.15, 0.2) is 0 Å². The zero-order chi connectivity index (χ0) is 13.5. The van der Waals surface area contributed by atoms with Gasteiger partial charge in [-0.05, 0) is 30.0 Å². The lowest BCUT2D eigenvalue weighted by atomic mass is 10.0. The molecule has 1 unspecified atom stereocenters. The van der Waals surface area contributed by atoms with Gasteiger partial charge in [0, 0.05) is 12.6 Å². The Morgan fingerprint density at radius 1 is 1.39 bits per heavy atom. The molecule has 0 saturated heterocycles. The van der Waals surface area contributed by atoms with Gasteiger partial charge in [0.05, 0.1) is 12.7 Å². The second-order valence-electron chi connectivity index (χ2n) is 4.79. The molecule has 3 nitrogen and oxygen atoms in total. The van der Waals surface area contributed by atoms with E-state index in [9.17, 15) is 0 Å². The SMILES string of the molecule is CCC(NCc1ccc(C#N)c(OC)c1)C(C)C. The smallest absolute Gasteiger partial charge is 0.136 e. The molecule has 0 spiro atoms. The summed E-state index contributed by atoms with van der Waals surface area (Å²) < 4.78 is 5.21. The van der Waals surface area contributed by atoms with E-state index in [0.717, 1.165) is 18.5 Å². The number of nitriles is 1. The summed E-state index contributed by atoms with van der Waals surface area (Å²) in [6.07, 6.45) is 1.12. The first-order valence-electron chi connectivity index (χ1n) is 6.42. The van der Waals surface area contributed by atoms with Gasteiger partial charge in [-0.15, -0.1) is 0 Å². The summed E-state index contributed by atoms with van der Waals surface area (Å²) in [4.78, 5) is 0. The second-order valence-corrected chi connectivity index (χ2v) is 4.79. The number of rotatable bonds is 6. The number of ether oxygens (including phenoxy) is 1. The van der Waals surface area contributed by atoms with Crippen LogP contribution in [0.5, 0.6) is 5.75 Å². The molecule has 1 N–H and O–H groups in total. The fourth-order valence-electron chi connectivity index (χ4n) is 2.04. The van der Waals surface area contributed by atoms with Gasteiger partial charge in [-0.2, -0.15) is 5.26 Å². The Morgan fingerprint density at radius 3 is 2.61 bits per heavy atom. The monoisotopic (exact) mass is 246 g/mol. The molecule has 18 heavy (non-hydrogen) atoms. The molecule has 3 heteroatoms. The van der Waals surface area contributed by atoms with E-state index in [-0.39, 0.29) is 0 Å². The van der Waals surface area contributed by atoms with Gasteiger partial charge in [0.2, 0.25) is 0 Å². The van der Waals surface area contributed by atoms with E-state index in [4.69, 9.17) is 10.00 Å². The molecule has 1 aromatic carbocycles. The quantitative estimate of drug-likeness (QED) is 0.839. The van der Waals surface area contributed by atoms with Gasteiger partial charge in [-0.1, -0.05) is 26.8 Å². The molecule has 0 bridgehead atoms. The highest BCUT2D eigenvalue weighted by molar-refractivity contribution is 5.45. The van der Waals surface area contributed by atoms with Gasteiger partial charge in [0.25, 0.3) is 0 Å². The molecule has 1 rings (SSSR count). The standard InChI is InChI=1S/C15H22N2O/c1-5-14(11(2)3)17-10-12-6-7-13(9-16)15(8-12)18-4/h6-8,11,14,17H,5,10H2,1-4H3. The Labute approximate surface area is 110 Å². The normalized spacial score (nSPS) is 12.2. The van der Waals surface area contributed by atoms with Crippen molar-refractivity contribution in [2.75, 3.05) is 7.11 Å². The maximum atomic E-state index is 8.92. The number of nitrogens with zero attached hydrogens (tertiary/aromatic N) is 1. The molecule has 0 aliphatic heterocycles.